The lowest BCUT2D eigenvalue weighted by Gasteiger charge is -2.29. The molecule has 0 spiro atoms. The van der Waals surface area contributed by atoms with E-state index in [1.807, 2.05) is 25.1 Å². The van der Waals surface area contributed by atoms with Gasteiger partial charge in [0.25, 0.3) is 5.91 Å². The molecule has 1 fully saturated rings. The number of imide groups is 1. The van der Waals surface area contributed by atoms with E-state index in [2.05, 4.69) is 21.3 Å². The first-order valence-corrected chi connectivity index (χ1v) is 17.0. The van der Waals surface area contributed by atoms with Gasteiger partial charge in [-0.3, -0.25) is 19.2 Å². The Morgan fingerprint density at radius 2 is 1.42 bits per heavy atom. The van der Waals surface area contributed by atoms with Crippen LogP contribution in [0.5, 0.6) is 0 Å². The van der Waals surface area contributed by atoms with E-state index in [1.54, 1.807) is 76.2 Å². The smallest absolute Gasteiger partial charge is 0.330 e. The van der Waals surface area contributed by atoms with Gasteiger partial charge in [0.1, 0.15) is 17.6 Å². The summed E-state index contributed by atoms with van der Waals surface area (Å²) in [6, 6.07) is 15.8. The fraction of sp³-hybridized carbons (Fsp3) is 0.342. The summed E-state index contributed by atoms with van der Waals surface area (Å²) in [7, 11) is 0. The Hall–Kier alpha value is -6.25. The van der Waals surface area contributed by atoms with Crippen LogP contribution < -0.4 is 21.3 Å². The van der Waals surface area contributed by atoms with Crippen molar-refractivity contribution < 1.29 is 43.8 Å². The SMILES string of the molecule is Cc1ccccc1NC(=O)Nc1ccc(CN2C(=O)N([C@@H](CC(C)C)C(=O)N[C@@H](CC(=O)O)C(=O)N[C@H](C(=O)O)c3ccccc3)C(=O)C2(C)C)cc1. The van der Waals surface area contributed by atoms with Crippen LogP contribution in [0, 0.1) is 12.8 Å². The van der Waals surface area contributed by atoms with Crippen LogP contribution in [-0.4, -0.2) is 79.4 Å². The van der Waals surface area contributed by atoms with Crippen LogP contribution in [0.2, 0.25) is 0 Å². The molecule has 0 radical (unpaired) electrons. The third-order valence-corrected chi connectivity index (χ3v) is 8.79. The van der Waals surface area contributed by atoms with E-state index >= 15 is 0 Å². The van der Waals surface area contributed by atoms with Gasteiger partial charge in [0, 0.05) is 17.9 Å². The minimum absolute atomic E-state index is 0.0126. The van der Waals surface area contributed by atoms with Crippen LogP contribution in [0.15, 0.2) is 78.9 Å². The molecule has 0 aliphatic carbocycles. The Kier molecular flexibility index (Phi) is 12.6. The maximum Gasteiger partial charge on any atom is 0.330 e. The molecule has 0 unspecified atom stereocenters. The molecule has 0 aromatic heterocycles. The summed E-state index contributed by atoms with van der Waals surface area (Å²) < 4.78 is 0. The monoisotopic (exact) mass is 728 g/mol. The highest BCUT2D eigenvalue weighted by Crippen LogP contribution is 2.33. The van der Waals surface area contributed by atoms with Crippen molar-refractivity contribution in [3.8, 4) is 0 Å². The van der Waals surface area contributed by atoms with Crippen molar-refractivity contribution in [2.24, 2.45) is 5.92 Å². The summed E-state index contributed by atoms with van der Waals surface area (Å²) in [4.78, 5) is 93.5. The van der Waals surface area contributed by atoms with E-state index in [-0.39, 0.29) is 24.4 Å². The number of carbonyl (C=O) groups is 7. The maximum absolute atomic E-state index is 14.0. The van der Waals surface area contributed by atoms with Gasteiger partial charge in [-0.05, 0) is 68.0 Å². The van der Waals surface area contributed by atoms with Crippen LogP contribution in [0.25, 0.3) is 0 Å². The summed E-state index contributed by atoms with van der Waals surface area (Å²) in [5.74, 6) is -5.80. The summed E-state index contributed by atoms with van der Waals surface area (Å²) >= 11 is 0. The predicted molar refractivity (Wildman–Crippen MR) is 195 cm³/mol. The molecule has 1 saturated heterocycles. The number of anilines is 2. The molecule has 3 atom stereocenters. The number of hydrogen-bond acceptors (Lipinski definition) is 7. The maximum atomic E-state index is 14.0. The standard InChI is InChI=1S/C38H44N6O9/c1-22(2)19-29(33(48)40-28(20-30(45)46)32(47)42-31(34(49)50)25-12-7-6-8-13-25)44-35(51)38(4,5)43(37(44)53)21-24-15-17-26(18-16-24)39-36(52)41-27-14-10-9-11-23(27)3/h6-18,22,28-29,31H,19-21H2,1-5H3,(H,40,48)(H,42,47)(H,45,46)(H,49,50)(H2,39,41,52)/t28-,29-,31-/m0/s1. The molecular formula is C38H44N6O9. The van der Waals surface area contributed by atoms with Gasteiger partial charge in [0.15, 0.2) is 6.04 Å². The van der Waals surface area contributed by atoms with Gasteiger partial charge in [-0.25, -0.2) is 19.3 Å². The molecule has 280 valence electrons. The van der Waals surface area contributed by atoms with Crippen molar-refractivity contribution in [2.45, 2.75) is 77.7 Å². The number of carbonyl (C=O) groups excluding carboxylic acids is 5. The Labute approximate surface area is 306 Å². The van der Waals surface area contributed by atoms with Crippen molar-refractivity contribution in [1.82, 2.24) is 20.4 Å². The number of aryl methyl sites for hydroxylation is 1. The molecule has 3 aromatic carbocycles. The second kappa shape index (κ2) is 16.8. The van der Waals surface area contributed by atoms with Gasteiger partial charge in [-0.15, -0.1) is 0 Å². The zero-order chi connectivity index (χ0) is 39.0. The molecule has 3 aromatic rings. The minimum atomic E-state index is -1.73. The van der Waals surface area contributed by atoms with E-state index in [0.717, 1.165) is 10.5 Å². The molecule has 53 heavy (non-hydrogen) atoms. The van der Waals surface area contributed by atoms with Gasteiger partial charge in [0.05, 0.1) is 6.42 Å². The number of carboxylic acid groups (broad SMARTS) is 2. The lowest BCUT2D eigenvalue weighted by Crippen LogP contribution is -2.56. The number of benzene rings is 3. The second-order valence-corrected chi connectivity index (χ2v) is 13.7. The number of rotatable bonds is 15. The van der Waals surface area contributed by atoms with Crippen LogP contribution in [0.3, 0.4) is 0 Å². The molecule has 0 bridgehead atoms. The van der Waals surface area contributed by atoms with Crippen LogP contribution in [0.1, 0.15) is 63.3 Å². The van der Waals surface area contributed by atoms with Crippen LogP contribution in [-0.2, 0) is 30.5 Å². The first kappa shape index (κ1) is 39.5. The molecule has 15 heteroatoms. The van der Waals surface area contributed by atoms with E-state index in [4.69, 9.17) is 0 Å². The van der Waals surface area contributed by atoms with Crippen LogP contribution >= 0.6 is 0 Å². The summed E-state index contributed by atoms with van der Waals surface area (Å²) in [5.41, 5.74) is 1.48. The Balaban J connectivity index is 1.51. The molecule has 4 rings (SSSR count). The lowest BCUT2D eigenvalue weighted by atomic mass is 9.98. The molecule has 7 amide bonds. The highest BCUT2D eigenvalue weighted by Gasteiger charge is 2.55. The number of carboxylic acids is 2. The zero-order valence-electron chi connectivity index (χ0n) is 30.1. The lowest BCUT2D eigenvalue weighted by molar-refractivity contribution is -0.144. The largest absolute Gasteiger partial charge is 0.481 e. The molecule has 1 aliphatic heterocycles. The molecule has 6 N–H and O–H groups in total. The van der Waals surface area contributed by atoms with Gasteiger partial charge in [-0.1, -0.05) is 74.5 Å². The number of para-hydroxylation sites is 1. The number of nitrogens with zero attached hydrogens (tertiary/aromatic N) is 2. The zero-order valence-corrected chi connectivity index (χ0v) is 30.1. The average molecular weight is 729 g/mol. The van der Waals surface area contributed by atoms with E-state index in [0.29, 0.717) is 16.9 Å². The van der Waals surface area contributed by atoms with Gasteiger partial charge >= 0.3 is 24.0 Å². The highest BCUT2D eigenvalue weighted by atomic mass is 16.4. The van der Waals surface area contributed by atoms with Crippen molar-refractivity contribution in [3.63, 3.8) is 0 Å². The molecule has 1 heterocycles. The fourth-order valence-corrected chi connectivity index (χ4v) is 5.88. The first-order valence-electron chi connectivity index (χ1n) is 17.0. The fourth-order valence-electron chi connectivity index (χ4n) is 5.88. The normalized spacial score (nSPS) is 15.4. The van der Waals surface area contributed by atoms with Gasteiger partial charge in [0.2, 0.25) is 11.8 Å². The number of urea groups is 2. The van der Waals surface area contributed by atoms with Gasteiger partial charge in [-0.2, -0.15) is 0 Å². The minimum Gasteiger partial charge on any atom is -0.481 e. The highest BCUT2D eigenvalue weighted by molar-refractivity contribution is 6.10. The molecule has 15 nitrogen and oxygen atoms in total. The number of nitrogens with one attached hydrogen (secondary N) is 4. The molecule has 0 saturated carbocycles. The first-order chi connectivity index (χ1) is 25.0. The van der Waals surface area contributed by atoms with E-state index in [9.17, 15) is 43.8 Å². The van der Waals surface area contributed by atoms with Crippen molar-refractivity contribution in [1.29, 1.82) is 0 Å². The predicted octanol–water partition coefficient (Wildman–Crippen LogP) is 4.50. The summed E-state index contributed by atoms with van der Waals surface area (Å²) in [6.45, 7) is 8.46. The Morgan fingerprint density at radius 1 is 0.792 bits per heavy atom. The van der Waals surface area contributed by atoms with Crippen molar-refractivity contribution in [3.05, 3.63) is 95.6 Å². The quantitative estimate of drug-likeness (QED) is 0.121. The van der Waals surface area contributed by atoms with Crippen molar-refractivity contribution in [2.75, 3.05) is 10.6 Å². The van der Waals surface area contributed by atoms with E-state index < -0.39 is 71.8 Å². The molecular weight excluding hydrogens is 684 g/mol. The number of aliphatic carboxylic acids is 2. The van der Waals surface area contributed by atoms with E-state index in [1.165, 1.54) is 17.0 Å². The third-order valence-electron chi connectivity index (χ3n) is 8.79. The average Bonchev–Trinajstić information content (AvgIpc) is 3.25. The summed E-state index contributed by atoms with van der Waals surface area (Å²) in [5, 5.41) is 29.5. The Morgan fingerprint density at radius 3 is 2.00 bits per heavy atom. The Bertz CT molecular complexity index is 1860. The summed E-state index contributed by atoms with van der Waals surface area (Å²) in [6.07, 6.45) is -0.910. The topological polar surface area (TPSA) is 215 Å². The van der Waals surface area contributed by atoms with Crippen molar-refractivity contribution >= 4 is 53.1 Å². The number of hydrogen-bond donors (Lipinski definition) is 6. The second-order valence-electron chi connectivity index (χ2n) is 13.7. The third kappa shape index (κ3) is 9.75. The molecule has 1 aliphatic rings. The van der Waals surface area contributed by atoms with Crippen LogP contribution in [0.4, 0.5) is 21.0 Å². The number of amides is 7. The van der Waals surface area contributed by atoms with Gasteiger partial charge < -0.3 is 36.4 Å².